The summed E-state index contributed by atoms with van der Waals surface area (Å²) in [5.74, 6) is 0.781. The predicted octanol–water partition coefficient (Wildman–Crippen LogP) is 3.87. The molecule has 9 heteroatoms. The van der Waals surface area contributed by atoms with Crippen LogP contribution in [0, 0.1) is 6.07 Å². The van der Waals surface area contributed by atoms with Crippen LogP contribution in [0.15, 0.2) is 71.9 Å². The number of aromatic nitrogens is 7. The molecule has 0 saturated carbocycles. The fraction of sp³-hybridized carbons (Fsp3) is 0.125. The molecule has 1 atom stereocenters. The topological polar surface area (TPSA) is 94.3 Å². The number of H-pyrrole nitrogens is 1. The Balaban J connectivity index is 1.40. The van der Waals surface area contributed by atoms with E-state index in [1.807, 2.05) is 53.2 Å². The van der Waals surface area contributed by atoms with E-state index >= 15 is 0 Å². The molecule has 8 nitrogen and oxygen atoms in total. The quantitative estimate of drug-likeness (QED) is 0.445. The van der Waals surface area contributed by atoms with Gasteiger partial charge in [-0.1, -0.05) is 35.9 Å². The number of hydrogen-bond acceptors (Lipinski definition) is 5. The van der Waals surface area contributed by atoms with Crippen molar-refractivity contribution in [3.05, 3.63) is 100 Å². The van der Waals surface area contributed by atoms with Crippen LogP contribution < -0.4 is 5.56 Å². The molecular weight excluding hydrogens is 438 g/mol. The minimum absolute atomic E-state index is 0.0834. The predicted molar refractivity (Wildman–Crippen MR) is 123 cm³/mol. The molecule has 1 aliphatic heterocycles. The first kappa shape index (κ1) is 19.6. The molecule has 1 N–H and O–H groups in total. The molecule has 0 spiro atoms. The molecule has 0 fully saturated rings. The van der Waals surface area contributed by atoms with Crippen molar-refractivity contribution in [3.8, 4) is 28.1 Å². The van der Waals surface area contributed by atoms with E-state index in [9.17, 15) is 4.79 Å². The van der Waals surface area contributed by atoms with Gasteiger partial charge in [-0.05, 0) is 64.7 Å². The number of halogens is 1. The Kier molecular flexibility index (Phi) is 4.66. The Morgan fingerprint density at radius 1 is 1.09 bits per heavy atom. The second-order valence-electron chi connectivity index (χ2n) is 7.88. The molecule has 3 aromatic heterocycles. The fourth-order valence-electron chi connectivity index (χ4n) is 4.44. The summed E-state index contributed by atoms with van der Waals surface area (Å²) >= 11 is 6.28. The van der Waals surface area contributed by atoms with E-state index in [2.05, 4.69) is 31.6 Å². The Labute approximate surface area is 193 Å². The van der Waals surface area contributed by atoms with E-state index in [4.69, 9.17) is 11.6 Å². The first-order valence-corrected chi connectivity index (χ1v) is 10.9. The zero-order valence-electron chi connectivity index (χ0n) is 17.3. The zero-order chi connectivity index (χ0) is 22.4. The highest BCUT2D eigenvalue weighted by Gasteiger charge is 2.28. The van der Waals surface area contributed by atoms with Crippen LogP contribution >= 0.6 is 11.6 Å². The Hall–Kier alpha value is -4.04. The van der Waals surface area contributed by atoms with Gasteiger partial charge < -0.3 is 9.55 Å². The molecule has 0 amide bonds. The van der Waals surface area contributed by atoms with Gasteiger partial charge in [0.2, 0.25) is 0 Å². The maximum Gasteiger partial charge on any atom is 0.252 e. The van der Waals surface area contributed by atoms with Crippen molar-refractivity contribution in [2.75, 3.05) is 0 Å². The van der Waals surface area contributed by atoms with Crippen LogP contribution in [0.2, 0.25) is 5.02 Å². The summed E-state index contributed by atoms with van der Waals surface area (Å²) in [4.78, 5) is 21.3. The number of aromatic amines is 1. The van der Waals surface area contributed by atoms with Gasteiger partial charge in [0.05, 0.1) is 23.6 Å². The molecule has 2 aromatic carbocycles. The molecule has 6 rings (SSSR count). The summed E-state index contributed by atoms with van der Waals surface area (Å²) in [7, 11) is 0. The van der Waals surface area contributed by atoms with Gasteiger partial charge in [0.15, 0.2) is 0 Å². The number of hydrogen-bond donors (Lipinski definition) is 1. The first-order valence-electron chi connectivity index (χ1n) is 10.5. The zero-order valence-corrected chi connectivity index (χ0v) is 18.1. The third-order valence-corrected chi connectivity index (χ3v) is 6.17. The molecule has 5 aromatic rings. The summed E-state index contributed by atoms with van der Waals surface area (Å²) in [5, 5.41) is 12.0. The van der Waals surface area contributed by atoms with Gasteiger partial charge in [-0.15, -0.1) is 5.10 Å². The minimum atomic E-state index is -0.135. The smallest absolute Gasteiger partial charge is 0.252 e. The maximum atomic E-state index is 13.3. The Morgan fingerprint density at radius 3 is 2.79 bits per heavy atom. The number of nitrogens with zero attached hydrogens (tertiary/aromatic N) is 6. The summed E-state index contributed by atoms with van der Waals surface area (Å²) in [6, 6.07) is 19.7. The van der Waals surface area contributed by atoms with Crippen LogP contribution in [0.4, 0.5) is 0 Å². The lowest BCUT2D eigenvalue weighted by Crippen LogP contribution is -2.23. The van der Waals surface area contributed by atoms with E-state index in [-0.39, 0.29) is 11.6 Å². The number of tetrazole rings is 1. The lowest BCUT2D eigenvalue weighted by molar-refractivity contribution is 0.572. The molecule has 0 bridgehead atoms. The largest absolute Gasteiger partial charge is 0.340 e. The van der Waals surface area contributed by atoms with E-state index in [0.717, 1.165) is 52.4 Å². The standard InChI is InChI=1S/C24H17ClN7O/c25-17-6-8-21(31-14-27-29-30-31)19(12-17)16-10-18-7-9-22(32(18)23(33)11-16)24-26-13-20(28-24)15-4-2-1-3-5-15/h2-6,8,10-14,22H,7,9H2,(H,26,28)/t22-/m0/s1. The molecule has 4 heterocycles. The number of aryl methyl sites for hydroxylation is 1. The monoisotopic (exact) mass is 454 g/mol. The summed E-state index contributed by atoms with van der Waals surface area (Å²) in [6.07, 6.45) is 4.89. The van der Waals surface area contributed by atoms with Crippen molar-refractivity contribution in [2.45, 2.75) is 18.9 Å². The van der Waals surface area contributed by atoms with Crippen LogP contribution in [-0.2, 0) is 6.42 Å². The molecule has 1 radical (unpaired) electrons. The van der Waals surface area contributed by atoms with Crippen molar-refractivity contribution < 1.29 is 0 Å². The van der Waals surface area contributed by atoms with Crippen LogP contribution in [0.5, 0.6) is 0 Å². The van der Waals surface area contributed by atoms with Crippen molar-refractivity contribution >= 4 is 11.6 Å². The van der Waals surface area contributed by atoms with Gasteiger partial charge in [-0.25, -0.2) is 4.98 Å². The number of rotatable bonds is 4. The molecule has 0 unspecified atom stereocenters. The highest BCUT2D eigenvalue weighted by atomic mass is 35.5. The number of pyridine rings is 1. The van der Waals surface area contributed by atoms with E-state index in [1.54, 1.807) is 16.8 Å². The van der Waals surface area contributed by atoms with Crippen molar-refractivity contribution in [2.24, 2.45) is 0 Å². The lowest BCUT2D eigenvalue weighted by Gasteiger charge is -2.15. The van der Waals surface area contributed by atoms with Gasteiger partial charge in [0.1, 0.15) is 12.2 Å². The normalized spacial score (nSPS) is 15.0. The van der Waals surface area contributed by atoms with Gasteiger partial charge in [0.25, 0.3) is 5.56 Å². The van der Waals surface area contributed by atoms with E-state index < -0.39 is 0 Å². The second kappa shape index (κ2) is 7.83. The average molecular weight is 455 g/mol. The summed E-state index contributed by atoms with van der Waals surface area (Å²) < 4.78 is 3.39. The minimum Gasteiger partial charge on any atom is -0.340 e. The number of imidazole rings is 1. The molecular formula is C24H17ClN7O. The third-order valence-electron chi connectivity index (χ3n) is 5.94. The van der Waals surface area contributed by atoms with Gasteiger partial charge >= 0.3 is 0 Å². The second-order valence-corrected chi connectivity index (χ2v) is 8.32. The Bertz CT molecular complexity index is 1510. The Morgan fingerprint density at radius 2 is 1.97 bits per heavy atom. The highest BCUT2D eigenvalue weighted by molar-refractivity contribution is 6.31. The molecule has 0 saturated heterocycles. The SMILES string of the molecule is O=c1cc(-c2cc(Cl)ccc2-n2cnnn2)cc2n1[C@H](c1ncc(-c3cc[c]cc3)[nH]1)CC2. The van der Waals surface area contributed by atoms with Gasteiger partial charge in [0, 0.05) is 22.3 Å². The average Bonchev–Trinajstić information content (AvgIpc) is 3.60. The van der Waals surface area contributed by atoms with Crippen molar-refractivity contribution in [1.29, 1.82) is 0 Å². The van der Waals surface area contributed by atoms with Crippen molar-refractivity contribution in [3.63, 3.8) is 0 Å². The van der Waals surface area contributed by atoms with E-state index in [0.29, 0.717) is 5.02 Å². The number of fused-ring (bicyclic) bond motifs is 1. The molecule has 1 aliphatic rings. The van der Waals surface area contributed by atoms with Crippen LogP contribution in [-0.4, -0.2) is 34.7 Å². The third kappa shape index (κ3) is 3.44. The summed E-state index contributed by atoms with van der Waals surface area (Å²) in [6.45, 7) is 0. The van der Waals surface area contributed by atoms with E-state index in [1.165, 1.54) is 6.33 Å². The van der Waals surface area contributed by atoms with Crippen molar-refractivity contribution in [1.82, 2.24) is 34.7 Å². The van der Waals surface area contributed by atoms with Gasteiger partial charge in [-0.2, -0.15) is 4.68 Å². The molecule has 161 valence electrons. The first-order chi connectivity index (χ1) is 16.2. The number of nitrogens with one attached hydrogen (secondary N) is 1. The highest BCUT2D eigenvalue weighted by Crippen LogP contribution is 2.34. The fourth-order valence-corrected chi connectivity index (χ4v) is 4.61. The molecule has 0 aliphatic carbocycles. The number of benzene rings is 2. The summed E-state index contributed by atoms with van der Waals surface area (Å²) in [5.41, 5.74) is 5.14. The van der Waals surface area contributed by atoms with Gasteiger partial charge in [-0.3, -0.25) is 4.79 Å². The van der Waals surface area contributed by atoms with Crippen LogP contribution in [0.3, 0.4) is 0 Å². The molecule has 33 heavy (non-hydrogen) atoms. The maximum absolute atomic E-state index is 13.3. The van der Waals surface area contributed by atoms with Crippen LogP contribution in [0.25, 0.3) is 28.1 Å². The lowest BCUT2D eigenvalue weighted by atomic mass is 10.0. The van der Waals surface area contributed by atoms with Crippen LogP contribution in [0.1, 0.15) is 24.0 Å².